The summed E-state index contributed by atoms with van der Waals surface area (Å²) in [6, 6.07) is 54.2. The van der Waals surface area contributed by atoms with E-state index in [0.717, 1.165) is 32.1 Å². The molecule has 0 radical (unpaired) electrons. The van der Waals surface area contributed by atoms with Crippen molar-refractivity contribution in [1.82, 2.24) is 4.57 Å². The number of hydrogen-bond donors (Lipinski definition) is 0. The van der Waals surface area contributed by atoms with Gasteiger partial charge in [0.2, 0.25) is 0 Å². The Morgan fingerprint density at radius 2 is 0.778 bits per heavy atom. The molecular weight excluding hydrogens is 848 g/mol. The Morgan fingerprint density at radius 1 is 0.481 bits per heavy atom. The third-order valence-electron chi connectivity index (χ3n) is 9.05. The summed E-state index contributed by atoms with van der Waals surface area (Å²) in [6.45, 7) is 0. The van der Waals surface area contributed by atoms with Gasteiger partial charge >= 0.3 is 0 Å². The average molecular weight is 879 g/mol. The lowest BCUT2D eigenvalue weighted by Crippen LogP contribution is -2.35. The largest absolute Gasteiger partial charge is 0.341 e. The highest BCUT2D eigenvalue weighted by Crippen LogP contribution is 2.54. The van der Waals surface area contributed by atoms with E-state index in [4.69, 9.17) is 9.49 Å². The highest BCUT2D eigenvalue weighted by molar-refractivity contribution is 9.11. The van der Waals surface area contributed by atoms with Crippen LogP contribution in [-0.2, 0) is 7.05 Å². The van der Waals surface area contributed by atoms with Crippen molar-refractivity contribution in [2.24, 2.45) is 16.5 Å². The summed E-state index contributed by atoms with van der Waals surface area (Å²) in [5.74, 6) is 0. The SMILES string of the molecule is Cn1c(P(=Nc2ccc([N+](=O)[O-])cc2Br)(c2ccccc2)c2ccccc2)ccc1P(=Nc1ccc([N+](=O)[O-])cc1Br)(c1ccccc1)c1ccccc1. The number of nitro benzene ring substituents is 2. The smallest absolute Gasteiger partial charge is 0.270 e. The zero-order chi connectivity index (χ0) is 37.9. The molecule has 7 aromatic rings. The van der Waals surface area contributed by atoms with Crippen LogP contribution in [0, 0.1) is 20.2 Å². The summed E-state index contributed by atoms with van der Waals surface area (Å²) in [5.41, 5.74) is 2.96. The minimum Gasteiger partial charge on any atom is -0.341 e. The Hall–Kier alpha value is -5.18. The number of non-ortho nitro benzene ring substituents is 2. The molecule has 1 heterocycles. The minimum atomic E-state index is -2.94. The molecule has 1 aromatic heterocycles. The number of aromatic nitrogens is 1. The van der Waals surface area contributed by atoms with Crippen molar-refractivity contribution in [3.63, 3.8) is 0 Å². The number of halogens is 2. The fourth-order valence-corrected chi connectivity index (χ4v) is 15.2. The molecule has 6 aromatic carbocycles. The van der Waals surface area contributed by atoms with Crippen molar-refractivity contribution in [2.45, 2.75) is 0 Å². The molecule has 0 N–H and O–H groups in total. The summed E-state index contributed by atoms with van der Waals surface area (Å²) in [5, 5.41) is 27.4. The first-order valence-corrected chi connectivity index (χ1v) is 21.7. The second-order valence-corrected chi connectivity index (χ2v) is 19.8. The molecule has 13 heteroatoms. The van der Waals surface area contributed by atoms with Gasteiger partial charge in [0.15, 0.2) is 0 Å². The average Bonchev–Trinajstić information content (AvgIpc) is 3.59. The molecule has 0 amide bonds. The fourth-order valence-electron chi connectivity index (χ4n) is 6.58. The lowest BCUT2D eigenvalue weighted by Gasteiger charge is -2.31. The van der Waals surface area contributed by atoms with Crippen molar-refractivity contribution < 1.29 is 9.85 Å². The van der Waals surface area contributed by atoms with E-state index in [1.54, 1.807) is 12.1 Å². The monoisotopic (exact) mass is 877 g/mol. The van der Waals surface area contributed by atoms with E-state index in [1.807, 2.05) is 79.8 Å². The fraction of sp³-hybridized carbons (Fsp3) is 0.0244. The van der Waals surface area contributed by atoms with E-state index in [0.29, 0.717) is 20.3 Å². The third kappa shape index (κ3) is 6.85. The molecular formula is C41H31Br2N5O4P2. The van der Waals surface area contributed by atoms with Crippen LogP contribution in [0.4, 0.5) is 22.7 Å². The topological polar surface area (TPSA) is 116 Å². The van der Waals surface area contributed by atoms with Gasteiger partial charge < -0.3 is 4.57 Å². The predicted octanol–water partition coefficient (Wildman–Crippen LogP) is 9.98. The van der Waals surface area contributed by atoms with Crippen molar-refractivity contribution >= 4 is 101 Å². The van der Waals surface area contributed by atoms with Crippen LogP contribution in [-0.4, -0.2) is 14.4 Å². The van der Waals surface area contributed by atoms with Crippen LogP contribution in [0.25, 0.3) is 0 Å². The van der Waals surface area contributed by atoms with Crippen LogP contribution in [0.1, 0.15) is 0 Å². The lowest BCUT2D eigenvalue weighted by atomic mass is 10.3. The Labute approximate surface area is 329 Å². The van der Waals surface area contributed by atoms with Gasteiger partial charge in [-0.15, -0.1) is 0 Å². The molecule has 0 spiro atoms. The molecule has 0 fully saturated rings. The molecule has 54 heavy (non-hydrogen) atoms. The normalized spacial score (nSPS) is 11.5. The van der Waals surface area contributed by atoms with Gasteiger partial charge in [0.25, 0.3) is 11.4 Å². The summed E-state index contributed by atoms with van der Waals surface area (Å²) < 4.78 is 14.6. The number of hydrogen-bond acceptors (Lipinski definition) is 6. The highest BCUT2D eigenvalue weighted by Gasteiger charge is 2.36. The van der Waals surface area contributed by atoms with E-state index < -0.39 is 24.0 Å². The Kier molecular flexibility index (Phi) is 10.8. The van der Waals surface area contributed by atoms with Gasteiger partial charge in [0.1, 0.15) is 0 Å². The van der Waals surface area contributed by atoms with Gasteiger partial charge in [-0.25, -0.2) is 0 Å². The summed E-state index contributed by atoms with van der Waals surface area (Å²) in [6.07, 6.45) is 0. The molecule has 7 rings (SSSR count). The maximum absolute atomic E-state index is 11.7. The Bertz CT molecular complexity index is 2350. The summed E-state index contributed by atoms with van der Waals surface area (Å²) in [4.78, 5) is 22.6. The van der Waals surface area contributed by atoms with E-state index in [1.165, 1.54) is 24.3 Å². The first-order valence-electron chi connectivity index (χ1n) is 16.7. The van der Waals surface area contributed by atoms with Crippen molar-refractivity contribution in [3.8, 4) is 0 Å². The van der Waals surface area contributed by atoms with Gasteiger partial charge in [-0.2, -0.15) is 0 Å². The van der Waals surface area contributed by atoms with Crippen LogP contribution in [0.3, 0.4) is 0 Å². The maximum Gasteiger partial charge on any atom is 0.270 e. The number of nitro groups is 2. The summed E-state index contributed by atoms with van der Waals surface area (Å²) >= 11 is 7.23. The van der Waals surface area contributed by atoms with Crippen molar-refractivity contribution in [3.05, 3.63) is 199 Å². The van der Waals surface area contributed by atoms with Crippen LogP contribution >= 0.6 is 46.0 Å². The Morgan fingerprint density at radius 3 is 1.04 bits per heavy atom. The van der Waals surface area contributed by atoms with Gasteiger partial charge in [-0.3, -0.25) is 29.7 Å². The molecule has 9 nitrogen and oxygen atoms in total. The molecule has 0 aliphatic carbocycles. The van der Waals surface area contributed by atoms with E-state index in [2.05, 4.69) is 97.1 Å². The number of nitrogens with zero attached hydrogens (tertiary/aromatic N) is 5. The first-order chi connectivity index (χ1) is 26.1. The van der Waals surface area contributed by atoms with Crippen LogP contribution < -0.4 is 32.1 Å². The van der Waals surface area contributed by atoms with Gasteiger partial charge in [-0.05, 0) is 56.1 Å². The van der Waals surface area contributed by atoms with Gasteiger partial charge in [-0.1, -0.05) is 121 Å². The van der Waals surface area contributed by atoms with E-state index in [-0.39, 0.29) is 11.4 Å². The predicted molar refractivity (Wildman–Crippen MR) is 229 cm³/mol. The van der Waals surface area contributed by atoms with Gasteiger partial charge in [0, 0.05) is 61.5 Å². The number of benzene rings is 6. The zero-order valence-corrected chi connectivity index (χ0v) is 33.6. The molecule has 0 saturated heterocycles. The molecule has 0 aliphatic rings. The molecule has 0 unspecified atom stereocenters. The number of rotatable bonds is 10. The maximum atomic E-state index is 11.7. The molecule has 0 atom stereocenters. The van der Waals surface area contributed by atoms with Crippen LogP contribution in [0.2, 0.25) is 0 Å². The molecule has 0 aliphatic heterocycles. The summed E-state index contributed by atoms with van der Waals surface area (Å²) in [7, 11) is -3.83. The Balaban J connectivity index is 1.63. The second-order valence-electron chi connectivity index (χ2n) is 12.2. The van der Waals surface area contributed by atoms with Crippen molar-refractivity contribution in [1.29, 1.82) is 0 Å². The third-order valence-corrected chi connectivity index (χ3v) is 17.8. The lowest BCUT2D eigenvalue weighted by molar-refractivity contribution is -0.385. The minimum absolute atomic E-state index is 0.0374. The zero-order valence-electron chi connectivity index (χ0n) is 28.7. The quantitative estimate of drug-likeness (QED) is 0.0773. The van der Waals surface area contributed by atoms with Crippen LogP contribution in [0.5, 0.6) is 0 Å². The van der Waals surface area contributed by atoms with Crippen molar-refractivity contribution in [2.75, 3.05) is 0 Å². The molecule has 268 valence electrons. The van der Waals surface area contributed by atoms with Crippen LogP contribution in [0.15, 0.2) is 188 Å². The highest BCUT2D eigenvalue weighted by atomic mass is 79.9. The standard InChI is InChI=1S/C41H31Br2N5O4P2/c1-46-40(53(32-14-6-2-7-15-32,33-16-8-3-9-17-33)44-38-24-22-30(47(49)50)28-36(38)42)26-27-41(46)54(34-18-10-4-11-19-34,35-20-12-5-13-21-35)45-39-25-23-31(48(51)52)29-37(39)43/h2-29H,1H3. The van der Waals surface area contributed by atoms with Gasteiger partial charge in [0.05, 0.1) is 46.2 Å². The second kappa shape index (κ2) is 15.7. The molecule has 0 bridgehead atoms. The first kappa shape index (κ1) is 37.1. The van der Waals surface area contributed by atoms with E-state index in [9.17, 15) is 20.2 Å². The molecule has 0 saturated carbocycles. The van der Waals surface area contributed by atoms with E-state index >= 15 is 0 Å².